The maximum Gasteiger partial charge on any atom is 0.305 e. The van der Waals surface area contributed by atoms with Crippen LogP contribution in [0.5, 0.6) is 5.75 Å². The van der Waals surface area contributed by atoms with Gasteiger partial charge in [-0.1, -0.05) is 46.3 Å². The van der Waals surface area contributed by atoms with Gasteiger partial charge in [0.1, 0.15) is 11.6 Å². The van der Waals surface area contributed by atoms with E-state index < -0.39 is 5.97 Å². The van der Waals surface area contributed by atoms with Gasteiger partial charge in [-0.3, -0.25) is 4.79 Å². The zero-order valence-electron chi connectivity index (χ0n) is 16.5. The predicted octanol–water partition coefficient (Wildman–Crippen LogP) is 5.42. The van der Waals surface area contributed by atoms with Gasteiger partial charge in [0.25, 0.3) is 0 Å². The van der Waals surface area contributed by atoms with Crippen LogP contribution in [0.4, 0.5) is 5.69 Å². The summed E-state index contributed by atoms with van der Waals surface area (Å²) in [7, 11) is 1.63. The van der Waals surface area contributed by atoms with Gasteiger partial charge < -0.3 is 14.7 Å². The first kappa shape index (κ1) is 20.2. The van der Waals surface area contributed by atoms with Crippen molar-refractivity contribution in [2.24, 2.45) is 4.99 Å². The van der Waals surface area contributed by atoms with Gasteiger partial charge >= 0.3 is 5.97 Å². The van der Waals surface area contributed by atoms with E-state index in [2.05, 4.69) is 39.0 Å². The number of carboxylic acids is 1. The summed E-state index contributed by atoms with van der Waals surface area (Å²) in [5.41, 5.74) is 3.92. The Balaban J connectivity index is 1.89. The molecule has 30 heavy (non-hydrogen) atoms. The lowest BCUT2D eigenvalue weighted by Crippen LogP contribution is -2.39. The Hall–Kier alpha value is -3.12. The average molecular weight is 465 g/mol. The van der Waals surface area contributed by atoms with Gasteiger partial charge in [0.05, 0.1) is 25.3 Å². The quantitative estimate of drug-likeness (QED) is 0.529. The average Bonchev–Trinajstić information content (AvgIpc) is 2.77. The van der Waals surface area contributed by atoms with E-state index in [9.17, 15) is 9.90 Å². The molecule has 0 aromatic heterocycles. The molecule has 3 aromatic rings. The van der Waals surface area contributed by atoms with Gasteiger partial charge in [-0.15, -0.1) is 0 Å². The number of nitrogens with zero attached hydrogens (tertiary/aromatic N) is 2. The highest BCUT2D eigenvalue weighted by Gasteiger charge is 2.32. The van der Waals surface area contributed by atoms with Gasteiger partial charge in [-0.05, 0) is 48.0 Å². The summed E-state index contributed by atoms with van der Waals surface area (Å²) in [6, 6.07) is 23.7. The lowest BCUT2D eigenvalue weighted by atomic mass is 9.92. The summed E-state index contributed by atoms with van der Waals surface area (Å²) >= 11 is 3.57. The Bertz CT molecular complexity index is 1080. The lowest BCUT2D eigenvalue weighted by molar-refractivity contribution is -0.137. The van der Waals surface area contributed by atoms with E-state index in [-0.39, 0.29) is 12.5 Å². The Morgan fingerprint density at radius 3 is 2.50 bits per heavy atom. The zero-order chi connectivity index (χ0) is 21.1. The summed E-state index contributed by atoms with van der Waals surface area (Å²) in [4.78, 5) is 18.4. The minimum absolute atomic E-state index is 0.0157. The Morgan fingerprint density at radius 2 is 1.83 bits per heavy atom. The molecule has 4 rings (SSSR count). The van der Waals surface area contributed by atoms with Crippen molar-refractivity contribution in [2.45, 2.75) is 12.5 Å². The van der Waals surface area contributed by atoms with Crippen LogP contribution in [0.1, 0.15) is 29.2 Å². The van der Waals surface area contributed by atoms with Crippen LogP contribution >= 0.6 is 15.9 Å². The first-order chi connectivity index (χ1) is 14.6. The standard InChI is InChI=1S/C24H21BrN2O3/c1-30-19-10-7-17(8-11-19)24-26-21-12-9-18(25)15-20(21)23(16-5-3-2-4-6-16)27(24)14-13-22(28)29/h2-12,15,23H,13-14H2,1H3,(H,28,29). The van der Waals surface area contributed by atoms with Crippen molar-refractivity contribution in [3.63, 3.8) is 0 Å². The van der Waals surface area contributed by atoms with Gasteiger partial charge in [0, 0.05) is 22.1 Å². The normalized spacial score (nSPS) is 15.3. The molecule has 0 amide bonds. The number of carbonyl (C=O) groups is 1. The third-order valence-electron chi connectivity index (χ3n) is 5.12. The molecule has 0 saturated heterocycles. The SMILES string of the molecule is COc1ccc(C2=Nc3ccc(Br)cc3C(c3ccccc3)N2CCC(=O)O)cc1. The molecule has 1 atom stereocenters. The summed E-state index contributed by atoms with van der Waals surface area (Å²) in [6.07, 6.45) is 0.0157. The third-order valence-corrected chi connectivity index (χ3v) is 5.62. The molecule has 1 aliphatic rings. The van der Waals surface area contributed by atoms with Crippen LogP contribution < -0.4 is 4.74 Å². The number of aliphatic imine (C=N–C) groups is 1. The van der Waals surface area contributed by atoms with Crippen molar-refractivity contribution in [1.82, 2.24) is 4.90 Å². The monoisotopic (exact) mass is 464 g/mol. The minimum atomic E-state index is -0.837. The molecule has 3 aromatic carbocycles. The number of hydrogen-bond donors (Lipinski definition) is 1. The number of ether oxygens (including phenoxy) is 1. The molecular weight excluding hydrogens is 444 g/mol. The highest BCUT2D eigenvalue weighted by Crippen LogP contribution is 2.41. The van der Waals surface area contributed by atoms with Gasteiger partial charge in [0.2, 0.25) is 0 Å². The highest BCUT2D eigenvalue weighted by atomic mass is 79.9. The number of benzene rings is 3. The van der Waals surface area contributed by atoms with E-state index in [1.54, 1.807) is 7.11 Å². The second kappa shape index (κ2) is 8.71. The Labute approximate surface area is 183 Å². The topological polar surface area (TPSA) is 62.1 Å². The fourth-order valence-corrected chi connectivity index (χ4v) is 4.11. The summed E-state index contributed by atoms with van der Waals surface area (Å²) < 4.78 is 6.25. The number of amidine groups is 1. The summed E-state index contributed by atoms with van der Waals surface area (Å²) in [6.45, 7) is 0.339. The van der Waals surface area contributed by atoms with Crippen molar-refractivity contribution in [3.05, 3.63) is 94.0 Å². The van der Waals surface area contributed by atoms with E-state index in [0.717, 1.165) is 38.4 Å². The summed E-state index contributed by atoms with van der Waals surface area (Å²) in [5.74, 6) is 0.676. The van der Waals surface area contributed by atoms with Crippen molar-refractivity contribution in [3.8, 4) is 5.75 Å². The van der Waals surface area contributed by atoms with Crippen molar-refractivity contribution < 1.29 is 14.6 Å². The number of fused-ring (bicyclic) bond motifs is 1. The second-order valence-corrected chi connectivity index (χ2v) is 7.93. The van der Waals surface area contributed by atoms with Crippen LogP contribution in [-0.4, -0.2) is 35.5 Å². The molecule has 1 aliphatic heterocycles. The van der Waals surface area contributed by atoms with Crippen LogP contribution in [0.3, 0.4) is 0 Å². The Kier molecular flexibility index (Phi) is 5.86. The first-order valence-corrected chi connectivity index (χ1v) is 10.4. The number of aliphatic carboxylic acids is 1. The van der Waals surface area contributed by atoms with Crippen LogP contribution in [0.15, 0.2) is 82.3 Å². The number of rotatable bonds is 6. The minimum Gasteiger partial charge on any atom is -0.497 e. The van der Waals surface area contributed by atoms with Crippen LogP contribution in [0, 0.1) is 0 Å². The van der Waals surface area contributed by atoms with Crippen molar-refractivity contribution in [1.29, 1.82) is 0 Å². The largest absolute Gasteiger partial charge is 0.497 e. The van der Waals surface area contributed by atoms with Crippen molar-refractivity contribution >= 4 is 33.4 Å². The van der Waals surface area contributed by atoms with E-state index in [4.69, 9.17) is 9.73 Å². The molecule has 6 heteroatoms. The third kappa shape index (κ3) is 4.09. The maximum absolute atomic E-state index is 11.4. The number of methoxy groups -OCH3 is 1. The molecule has 0 spiro atoms. The lowest BCUT2D eigenvalue weighted by Gasteiger charge is -2.39. The van der Waals surface area contributed by atoms with E-state index in [1.807, 2.05) is 54.6 Å². The Morgan fingerprint density at radius 1 is 1.10 bits per heavy atom. The molecule has 152 valence electrons. The molecule has 0 bridgehead atoms. The van der Waals surface area contributed by atoms with Gasteiger partial charge in [0.15, 0.2) is 0 Å². The van der Waals surface area contributed by atoms with E-state index in [1.165, 1.54) is 0 Å². The number of hydrogen-bond acceptors (Lipinski definition) is 4. The second-order valence-electron chi connectivity index (χ2n) is 7.02. The van der Waals surface area contributed by atoms with Crippen LogP contribution in [0.25, 0.3) is 0 Å². The molecule has 0 saturated carbocycles. The molecule has 5 nitrogen and oxygen atoms in total. The number of carboxylic acid groups (broad SMARTS) is 1. The van der Waals surface area contributed by atoms with Gasteiger partial charge in [-0.2, -0.15) is 0 Å². The van der Waals surface area contributed by atoms with E-state index >= 15 is 0 Å². The van der Waals surface area contributed by atoms with Crippen molar-refractivity contribution in [2.75, 3.05) is 13.7 Å². The highest BCUT2D eigenvalue weighted by molar-refractivity contribution is 9.10. The molecule has 1 unspecified atom stereocenters. The molecular formula is C24H21BrN2O3. The molecule has 0 fully saturated rings. The van der Waals surface area contributed by atoms with E-state index in [0.29, 0.717) is 6.54 Å². The fraction of sp³-hybridized carbons (Fsp3) is 0.167. The number of halogens is 1. The first-order valence-electron chi connectivity index (χ1n) is 9.63. The predicted molar refractivity (Wildman–Crippen MR) is 121 cm³/mol. The molecule has 1 heterocycles. The molecule has 0 radical (unpaired) electrons. The zero-order valence-corrected chi connectivity index (χ0v) is 18.0. The van der Waals surface area contributed by atoms with Gasteiger partial charge in [-0.25, -0.2) is 4.99 Å². The summed E-state index contributed by atoms with van der Waals surface area (Å²) in [5, 5.41) is 9.37. The molecule has 0 aliphatic carbocycles. The maximum atomic E-state index is 11.4. The fourth-order valence-electron chi connectivity index (χ4n) is 3.73. The molecule has 1 N–H and O–H groups in total. The van der Waals surface area contributed by atoms with Crippen LogP contribution in [-0.2, 0) is 4.79 Å². The van der Waals surface area contributed by atoms with Crippen LogP contribution in [0.2, 0.25) is 0 Å². The smallest absolute Gasteiger partial charge is 0.305 e.